The SMILES string of the molecule is ClCc1nc(OCc2ccc(Br)cc2)ccc1Cl. The van der Waals surface area contributed by atoms with Crippen LogP contribution in [-0.4, -0.2) is 4.98 Å². The topological polar surface area (TPSA) is 22.1 Å². The quantitative estimate of drug-likeness (QED) is 0.741. The van der Waals surface area contributed by atoms with E-state index in [4.69, 9.17) is 27.9 Å². The number of benzene rings is 1. The van der Waals surface area contributed by atoms with Crippen LogP contribution in [0.25, 0.3) is 0 Å². The smallest absolute Gasteiger partial charge is 0.213 e. The second-order valence-electron chi connectivity index (χ2n) is 3.63. The first-order chi connectivity index (χ1) is 8.69. The molecule has 2 rings (SSSR count). The normalized spacial score (nSPS) is 10.4. The fourth-order valence-electron chi connectivity index (χ4n) is 1.38. The molecule has 2 aromatic rings. The molecule has 0 saturated carbocycles. The Morgan fingerprint density at radius 3 is 2.50 bits per heavy atom. The first kappa shape index (κ1) is 13.7. The molecule has 1 aromatic carbocycles. The summed E-state index contributed by atoms with van der Waals surface area (Å²) in [5.74, 6) is 0.798. The number of pyridine rings is 1. The number of hydrogen-bond donors (Lipinski definition) is 0. The van der Waals surface area contributed by atoms with Gasteiger partial charge in [0.15, 0.2) is 0 Å². The zero-order chi connectivity index (χ0) is 13.0. The molecule has 0 saturated heterocycles. The van der Waals surface area contributed by atoms with Gasteiger partial charge >= 0.3 is 0 Å². The highest BCUT2D eigenvalue weighted by atomic mass is 79.9. The highest BCUT2D eigenvalue weighted by Crippen LogP contribution is 2.20. The van der Waals surface area contributed by atoms with Crippen molar-refractivity contribution in [1.82, 2.24) is 4.98 Å². The van der Waals surface area contributed by atoms with Crippen LogP contribution in [0.3, 0.4) is 0 Å². The summed E-state index contributed by atoms with van der Waals surface area (Å²) in [5.41, 5.74) is 1.70. The molecule has 1 aromatic heterocycles. The average Bonchev–Trinajstić information content (AvgIpc) is 2.39. The summed E-state index contributed by atoms with van der Waals surface area (Å²) < 4.78 is 6.63. The number of alkyl halides is 1. The predicted octanol–water partition coefficient (Wildman–Crippen LogP) is 4.82. The van der Waals surface area contributed by atoms with Crippen LogP contribution >= 0.6 is 39.1 Å². The molecule has 1 heterocycles. The lowest BCUT2D eigenvalue weighted by atomic mass is 10.2. The Morgan fingerprint density at radius 2 is 1.83 bits per heavy atom. The first-order valence-corrected chi connectivity index (χ1v) is 6.98. The molecule has 0 amide bonds. The highest BCUT2D eigenvalue weighted by Gasteiger charge is 2.04. The minimum atomic E-state index is 0.272. The lowest BCUT2D eigenvalue weighted by molar-refractivity contribution is 0.293. The lowest BCUT2D eigenvalue weighted by Crippen LogP contribution is -1.98. The molecule has 0 radical (unpaired) electrons. The monoisotopic (exact) mass is 345 g/mol. The molecular formula is C13H10BrCl2NO. The Morgan fingerprint density at radius 1 is 1.11 bits per heavy atom. The first-order valence-electron chi connectivity index (χ1n) is 5.27. The Labute approximate surface area is 124 Å². The summed E-state index contributed by atoms with van der Waals surface area (Å²) in [4.78, 5) is 4.23. The molecule has 5 heteroatoms. The van der Waals surface area contributed by atoms with Crippen LogP contribution in [0, 0.1) is 0 Å². The van der Waals surface area contributed by atoms with Crippen LogP contribution in [0.1, 0.15) is 11.3 Å². The molecule has 0 unspecified atom stereocenters. The van der Waals surface area contributed by atoms with Crippen LogP contribution in [0.5, 0.6) is 5.88 Å². The van der Waals surface area contributed by atoms with E-state index in [2.05, 4.69) is 20.9 Å². The molecule has 0 aliphatic rings. The summed E-state index contributed by atoms with van der Waals surface area (Å²) in [6.45, 7) is 0.462. The van der Waals surface area contributed by atoms with E-state index in [1.54, 1.807) is 12.1 Å². The molecule has 0 atom stereocenters. The van der Waals surface area contributed by atoms with Crippen molar-refractivity contribution in [3.05, 3.63) is 57.2 Å². The molecule has 0 aliphatic heterocycles. The van der Waals surface area contributed by atoms with Crippen molar-refractivity contribution >= 4 is 39.1 Å². The van der Waals surface area contributed by atoms with Crippen molar-refractivity contribution < 1.29 is 4.74 Å². The van der Waals surface area contributed by atoms with Gasteiger partial charge in [-0.05, 0) is 23.8 Å². The summed E-state index contributed by atoms with van der Waals surface area (Å²) in [7, 11) is 0. The van der Waals surface area contributed by atoms with Crippen molar-refractivity contribution in [3.63, 3.8) is 0 Å². The van der Waals surface area contributed by atoms with Crippen molar-refractivity contribution in [2.45, 2.75) is 12.5 Å². The number of hydrogen-bond acceptors (Lipinski definition) is 2. The Bertz CT molecular complexity index is 531. The van der Waals surface area contributed by atoms with Crippen molar-refractivity contribution in [3.8, 4) is 5.88 Å². The van der Waals surface area contributed by atoms with E-state index in [1.807, 2.05) is 24.3 Å². The second-order valence-corrected chi connectivity index (χ2v) is 5.22. The van der Waals surface area contributed by atoms with Gasteiger partial charge < -0.3 is 4.74 Å². The third kappa shape index (κ3) is 3.61. The number of halogens is 3. The van der Waals surface area contributed by atoms with Crippen LogP contribution < -0.4 is 4.74 Å². The van der Waals surface area contributed by atoms with Gasteiger partial charge in [-0.15, -0.1) is 11.6 Å². The maximum atomic E-state index is 5.92. The molecule has 2 nitrogen and oxygen atoms in total. The average molecular weight is 347 g/mol. The zero-order valence-electron chi connectivity index (χ0n) is 9.37. The lowest BCUT2D eigenvalue weighted by Gasteiger charge is -2.07. The van der Waals surface area contributed by atoms with E-state index in [0.717, 1.165) is 10.0 Å². The Hall–Kier alpha value is -0.770. The number of aromatic nitrogens is 1. The Kier molecular flexibility index (Phi) is 4.87. The molecule has 0 fully saturated rings. The van der Waals surface area contributed by atoms with E-state index in [9.17, 15) is 0 Å². The molecule has 0 N–H and O–H groups in total. The van der Waals surface area contributed by atoms with Gasteiger partial charge in [0.2, 0.25) is 5.88 Å². The maximum Gasteiger partial charge on any atom is 0.213 e. The molecular weight excluding hydrogens is 337 g/mol. The number of nitrogens with zero attached hydrogens (tertiary/aromatic N) is 1. The fraction of sp³-hybridized carbons (Fsp3) is 0.154. The van der Waals surface area contributed by atoms with Gasteiger partial charge in [0, 0.05) is 10.5 Å². The number of ether oxygens (including phenoxy) is 1. The molecule has 18 heavy (non-hydrogen) atoms. The van der Waals surface area contributed by atoms with Crippen molar-refractivity contribution in [1.29, 1.82) is 0 Å². The standard InChI is InChI=1S/C13H10BrCl2NO/c14-10-3-1-9(2-4-10)8-18-13-6-5-11(16)12(7-15)17-13/h1-6H,7-8H2. The summed E-state index contributed by atoms with van der Waals surface area (Å²) in [6.07, 6.45) is 0. The third-order valence-corrected chi connectivity index (χ3v) is 3.45. The minimum absolute atomic E-state index is 0.272. The zero-order valence-corrected chi connectivity index (χ0v) is 12.5. The van der Waals surface area contributed by atoms with Gasteiger partial charge in [-0.1, -0.05) is 39.7 Å². The van der Waals surface area contributed by atoms with Crippen LogP contribution in [-0.2, 0) is 12.5 Å². The highest BCUT2D eigenvalue weighted by molar-refractivity contribution is 9.10. The fourth-order valence-corrected chi connectivity index (χ4v) is 2.08. The van der Waals surface area contributed by atoms with Gasteiger partial charge in [0.25, 0.3) is 0 Å². The second kappa shape index (κ2) is 6.41. The van der Waals surface area contributed by atoms with E-state index in [1.165, 1.54) is 0 Å². The summed E-state index contributed by atoms with van der Waals surface area (Å²) >= 11 is 15.0. The third-order valence-electron chi connectivity index (χ3n) is 2.32. The molecule has 0 aliphatic carbocycles. The van der Waals surface area contributed by atoms with E-state index < -0.39 is 0 Å². The van der Waals surface area contributed by atoms with E-state index in [0.29, 0.717) is 23.2 Å². The van der Waals surface area contributed by atoms with Crippen LogP contribution in [0.4, 0.5) is 0 Å². The van der Waals surface area contributed by atoms with Crippen molar-refractivity contribution in [2.75, 3.05) is 0 Å². The number of rotatable bonds is 4. The summed E-state index contributed by atoms with van der Waals surface area (Å²) in [6, 6.07) is 11.4. The van der Waals surface area contributed by atoms with Gasteiger partial charge in [-0.25, -0.2) is 4.98 Å². The van der Waals surface area contributed by atoms with E-state index in [-0.39, 0.29) is 5.88 Å². The molecule has 0 bridgehead atoms. The van der Waals surface area contributed by atoms with Gasteiger partial charge in [0.1, 0.15) is 6.61 Å². The maximum absolute atomic E-state index is 5.92. The van der Waals surface area contributed by atoms with Crippen molar-refractivity contribution in [2.24, 2.45) is 0 Å². The Balaban J connectivity index is 2.04. The minimum Gasteiger partial charge on any atom is -0.473 e. The molecule has 0 spiro atoms. The van der Waals surface area contributed by atoms with Gasteiger partial charge in [-0.2, -0.15) is 0 Å². The van der Waals surface area contributed by atoms with E-state index >= 15 is 0 Å². The van der Waals surface area contributed by atoms with Gasteiger partial charge in [-0.3, -0.25) is 0 Å². The van der Waals surface area contributed by atoms with Crippen LogP contribution in [0.15, 0.2) is 40.9 Å². The summed E-state index contributed by atoms with van der Waals surface area (Å²) in [5, 5.41) is 0.556. The van der Waals surface area contributed by atoms with Crippen LogP contribution in [0.2, 0.25) is 5.02 Å². The largest absolute Gasteiger partial charge is 0.473 e. The van der Waals surface area contributed by atoms with Gasteiger partial charge in [0.05, 0.1) is 16.6 Å². The molecule has 94 valence electrons. The predicted molar refractivity (Wildman–Crippen MR) is 77.3 cm³/mol.